The highest BCUT2D eigenvalue weighted by Gasteiger charge is 2.19. The fourth-order valence-electron chi connectivity index (χ4n) is 1.92. The highest BCUT2D eigenvalue weighted by atomic mass is 79.9. The number of nitrogens with one attached hydrogen (secondary N) is 1. The topological polar surface area (TPSA) is 29.1 Å². The summed E-state index contributed by atoms with van der Waals surface area (Å²) >= 11 is 3.43. The van der Waals surface area contributed by atoms with Crippen molar-refractivity contribution in [3.8, 4) is 0 Å². The van der Waals surface area contributed by atoms with Crippen LogP contribution in [0.5, 0.6) is 0 Å². The zero-order valence-electron chi connectivity index (χ0n) is 11.5. The van der Waals surface area contributed by atoms with Crippen molar-refractivity contribution in [3.05, 3.63) is 47.8 Å². The van der Waals surface area contributed by atoms with Gasteiger partial charge >= 0.3 is 0 Å². The molecule has 2 nitrogen and oxygen atoms in total. The van der Waals surface area contributed by atoms with Crippen molar-refractivity contribution in [2.75, 3.05) is 11.9 Å². The van der Waals surface area contributed by atoms with Crippen LogP contribution >= 0.6 is 15.9 Å². The third-order valence-electron chi connectivity index (χ3n) is 3.20. The molecule has 20 heavy (non-hydrogen) atoms. The van der Waals surface area contributed by atoms with Gasteiger partial charge in [0.05, 0.1) is 0 Å². The van der Waals surface area contributed by atoms with Crippen molar-refractivity contribution >= 4 is 32.6 Å². The quantitative estimate of drug-likeness (QED) is 0.835. The highest BCUT2D eigenvalue weighted by Crippen LogP contribution is 2.22. The van der Waals surface area contributed by atoms with Crippen LogP contribution in [-0.2, 0) is 0 Å². The van der Waals surface area contributed by atoms with Crippen LogP contribution < -0.4 is 5.32 Å². The molecule has 0 aromatic heterocycles. The fourth-order valence-corrected chi connectivity index (χ4v) is 2.12. The Hall–Kier alpha value is -1.42. The van der Waals surface area contributed by atoms with Gasteiger partial charge in [-0.05, 0) is 22.9 Å². The summed E-state index contributed by atoms with van der Waals surface area (Å²) in [5, 5.41) is 4.82. The largest absolute Gasteiger partial charge is 0.351 e. The molecule has 0 spiro atoms. The van der Waals surface area contributed by atoms with E-state index in [-0.39, 0.29) is 17.1 Å². The summed E-state index contributed by atoms with van der Waals surface area (Å²) < 4.78 is 13.7. The van der Waals surface area contributed by atoms with Gasteiger partial charge in [0.15, 0.2) is 0 Å². The Kier molecular flexibility index (Phi) is 4.43. The molecule has 2 aromatic rings. The van der Waals surface area contributed by atoms with Crippen LogP contribution in [0.25, 0.3) is 10.8 Å². The molecule has 0 aliphatic heterocycles. The molecule has 2 aromatic carbocycles. The molecule has 0 saturated heterocycles. The van der Waals surface area contributed by atoms with Crippen molar-refractivity contribution in [1.82, 2.24) is 5.32 Å². The molecule has 1 amide bonds. The van der Waals surface area contributed by atoms with E-state index in [1.807, 2.05) is 0 Å². The maximum atomic E-state index is 13.7. The van der Waals surface area contributed by atoms with E-state index in [1.165, 1.54) is 12.1 Å². The molecule has 0 unspecified atom stereocenters. The third-order valence-corrected chi connectivity index (χ3v) is 4.72. The summed E-state index contributed by atoms with van der Waals surface area (Å²) in [6, 6.07) is 9.90. The second-order valence-electron chi connectivity index (χ2n) is 5.62. The second kappa shape index (κ2) is 5.92. The van der Waals surface area contributed by atoms with Crippen molar-refractivity contribution in [3.63, 3.8) is 0 Å². The summed E-state index contributed by atoms with van der Waals surface area (Å²) in [6.07, 6.45) is 0. The van der Waals surface area contributed by atoms with Gasteiger partial charge in [-0.1, -0.05) is 54.0 Å². The number of alkyl halides is 1. The van der Waals surface area contributed by atoms with E-state index in [9.17, 15) is 9.18 Å². The summed E-state index contributed by atoms with van der Waals surface area (Å²) in [5.41, 5.74) is 0.484. The minimum Gasteiger partial charge on any atom is -0.351 e. The summed E-state index contributed by atoms with van der Waals surface area (Å²) in [6.45, 7) is 4.68. The predicted octanol–water partition coefficient (Wildman–Crippen LogP) is 4.13. The maximum Gasteiger partial charge on any atom is 0.251 e. The number of hydrogen-bond donors (Lipinski definition) is 1. The standard InChI is InChI=1S/C16H17BrFNO/c1-16(2,9-17)10-19-15(20)13-7-8-14(18)12-6-4-3-5-11(12)13/h3-8H,9-10H2,1-2H3,(H,19,20). The lowest BCUT2D eigenvalue weighted by molar-refractivity contribution is 0.0942. The number of hydrogen-bond acceptors (Lipinski definition) is 1. The number of amides is 1. The van der Waals surface area contributed by atoms with Crippen molar-refractivity contribution in [1.29, 1.82) is 0 Å². The lowest BCUT2D eigenvalue weighted by Crippen LogP contribution is -2.35. The average molecular weight is 338 g/mol. The molecule has 1 N–H and O–H groups in total. The van der Waals surface area contributed by atoms with Crippen LogP contribution in [0.4, 0.5) is 4.39 Å². The Morgan fingerprint density at radius 2 is 1.85 bits per heavy atom. The van der Waals surface area contributed by atoms with E-state index in [4.69, 9.17) is 0 Å². The Labute approximate surface area is 126 Å². The van der Waals surface area contributed by atoms with Gasteiger partial charge in [0.25, 0.3) is 5.91 Å². The van der Waals surface area contributed by atoms with Gasteiger partial charge in [0.1, 0.15) is 5.82 Å². The van der Waals surface area contributed by atoms with Crippen LogP contribution in [0, 0.1) is 11.2 Å². The third kappa shape index (κ3) is 3.18. The predicted molar refractivity (Wildman–Crippen MR) is 83.8 cm³/mol. The van der Waals surface area contributed by atoms with Crippen LogP contribution in [0.15, 0.2) is 36.4 Å². The molecule has 4 heteroatoms. The minimum atomic E-state index is -0.307. The van der Waals surface area contributed by atoms with Gasteiger partial charge in [-0.2, -0.15) is 0 Å². The van der Waals surface area contributed by atoms with Crippen LogP contribution in [0.2, 0.25) is 0 Å². The molecule has 2 rings (SSSR count). The van der Waals surface area contributed by atoms with E-state index in [2.05, 4.69) is 35.1 Å². The zero-order valence-corrected chi connectivity index (χ0v) is 13.1. The molecular weight excluding hydrogens is 321 g/mol. The first-order valence-corrected chi connectivity index (χ1v) is 7.58. The molecule has 0 radical (unpaired) electrons. The van der Waals surface area contributed by atoms with Gasteiger partial charge in [-0.25, -0.2) is 4.39 Å². The number of benzene rings is 2. The summed E-state index contributed by atoms with van der Waals surface area (Å²) in [7, 11) is 0. The number of fused-ring (bicyclic) bond motifs is 1. The fraction of sp³-hybridized carbons (Fsp3) is 0.312. The van der Waals surface area contributed by atoms with Gasteiger partial charge in [-0.3, -0.25) is 4.79 Å². The van der Waals surface area contributed by atoms with E-state index < -0.39 is 0 Å². The molecule has 0 heterocycles. The van der Waals surface area contributed by atoms with E-state index in [0.717, 1.165) is 5.33 Å². The van der Waals surface area contributed by atoms with Gasteiger partial charge < -0.3 is 5.32 Å². The Bertz CT molecular complexity index is 639. The average Bonchev–Trinajstić information content (AvgIpc) is 2.46. The molecule has 0 fully saturated rings. The molecular formula is C16H17BrFNO. The van der Waals surface area contributed by atoms with Crippen molar-refractivity contribution in [2.45, 2.75) is 13.8 Å². The Morgan fingerprint density at radius 3 is 2.50 bits per heavy atom. The molecule has 106 valence electrons. The number of carbonyl (C=O) groups excluding carboxylic acids is 1. The lowest BCUT2D eigenvalue weighted by Gasteiger charge is -2.22. The zero-order chi connectivity index (χ0) is 14.8. The number of halogens is 2. The smallest absolute Gasteiger partial charge is 0.251 e. The van der Waals surface area contributed by atoms with Gasteiger partial charge in [0.2, 0.25) is 0 Å². The van der Waals surface area contributed by atoms with Crippen LogP contribution in [0.3, 0.4) is 0 Å². The first-order chi connectivity index (χ1) is 9.44. The van der Waals surface area contributed by atoms with Crippen LogP contribution in [-0.4, -0.2) is 17.8 Å². The highest BCUT2D eigenvalue weighted by molar-refractivity contribution is 9.09. The molecule has 0 aliphatic rings. The van der Waals surface area contributed by atoms with Gasteiger partial charge in [0, 0.05) is 22.8 Å². The van der Waals surface area contributed by atoms with E-state index in [1.54, 1.807) is 24.3 Å². The Balaban J connectivity index is 2.29. The number of rotatable bonds is 4. The summed E-state index contributed by atoms with van der Waals surface area (Å²) in [4.78, 5) is 12.3. The van der Waals surface area contributed by atoms with Crippen molar-refractivity contribution in [2.24, 2.45) is 5.41 Å². The molecule has 0 atom stereocenters. The number of carbonyl (C=O) groups is 1. The molecule has 0 saturated carbocycles. The molecule has 0 aliphatic carbocycles. The Morgan fingerprint density at radius 1 is 1.20 bits per heavy atom. The SMILES string of the molecule is CC(C)(CBr)CNC(=O)c1ccc(F)c2ccccc12. The van der Waals surface area contributed by atoms with Crippen molar-refractivity contribution < 1.29 is 9.18 Å². The maximum absolute atomic E-state index is 13.7. The lowest BCUT2D eigenvalue weighted by atomic mass is 9.96. The van der Waals surface area contributed by atoms with Gasteiger partial charge in [-0.15, -0.1) is 0 Å². The minimum absolute atomic E-state index is 0.0223. The second-order valence-corrected chi connectivity index (χ2v) is 6.18. The van der Waals surface area contributed by atoms with E-state index in [0.29, 0.717) is 22.9 Å². The summed E-state index contributed by atoms with van der Waals surface area (Å²) in [5.74, 6) is -0.479. The first-order valence-electron chi connectivity index (χ1n) is 6.46. The first kappa shape index (κ1) is 15.0. The monoisotopic (exact) mass is 337 g/mol. The molecule has 0 bridgehead atoms. The normalized spacial score (nSPS) is 11.6. The van der Waals surface area contributed by atoms with Crippen LogP contribution in [0.1, 0.15) is 24.2 Å². The van der Waals surface area contributed by atoms with E-state index >= 15 is 0 Å².